The van der Waals surface area contributed by atoms with E-state index in [2.05, 4.69) is 540 Å². The van der Waals surface area contributed by atoms with Crippen molar-refractivity contribution in [3.05, 3.63) is 368 Å². The third kappa shape index (κ3) is 14.2. The Kier molecular flexibility index (Phi) is 23.5. The Morgan fingerprint density at radius 2 is 0.682 bits per heavy atom. The molecule has 10 nitrogen and oxygen atoms in total. The number of hydrogen-bond donors (Lipinski definition) is 0. The van der Waals surface area contributed by atoms with Crippen LogP contribution in [0, 0.1) is 66.2 Å². The number of fused-ring (bicyclic) bond motifs is 21. The molecule has 0 atom stereocenters. The molecule has 0 aliphatic carbocycles. The highest BCUT2D eigenvalue weighted by Gasteiger charge is 2.56. The van der Waals surface area contributed by atoms with Crippen molar-refractivity contribution in [1.29, 1.82) is 0 Å². The summed E-state index contributed by atoms with van der Waals surface area (Å²) in [4.78, 5) is 0. The zero-order valence-corrected chi connectivity index (χ0v) is 93.9. The van der Waals surface area contributed by atoms with E-state index in [9.17, 15) is 0 Å². The molecule has 10 aromatic heterocycles. The first kappa shape index (κ1) is 98.6. The molecule has 0 spiro atoms. The van der Waals surface area contributed by atoms with Crippen LogP contribution in [0.4, 0.5) is 0 Å². The normalized spacial score (nSPS) is 15.0. The fourth-order valence-electron chi connectivity index (χ4n) is 27.3. The number of pyridine rings is 5. The summed E-state index contributed by atoms with van der Waals surface area (Å²) in [6.07, 6.45) is 7.96. The van der Waals surface area contributed by atoms with Crippen molar-refractivity contribution in [3.63, 3.8) is 0 Å². The summed E-state index contributed by atoms with van der Waals surface area (Å²) >= 11 is 0. The number of imidazole rings is 5. The van der Waals surface area contributed by atoms with E-state index in [1.807, 2.05) is 0 Å². The largest absolute Gasteiger partial charge is 0.295 e. The summed E-state index contributed by atoms with van der Waals surface area (Å²) in [6.45, 7) is 63.2. The summed E-state index contributed by atoms with van der Waals surface area (Å²) in [6, 6.07) is 96.7. The standard InChI is InChI=1S/2C31H35N2.C29H29N2.C24H27N2.C23H25N2/c1-19(2)18-23-13-11-15-24(20(3)4)29(23)30-22(6)32(7)31-28-21(5)12-10-16-26(28)25-14-8-9-17-27(25)33(30)31;1-20(2)17-23-12-10-13-24(18-21(3)4)30(23)28-19-32(6)31-29-22(5)11-9-15-26(29)25-14-7-8-16-27(25)33(28)31;1-18-12-10-15-20-21-16-11-17-22-25(21)31-26(29(4,5)28(22,2)3)24(19-13-8-7-9-14-19)30(6)27(31)23(18)20;1-14-10-8-11-16-17-12-9-13-18-20(17)26-21(24(5,6)23(18,3)4)15(2)25(7)22(26)19(14)16;1-14-9-7-10-15-16-11-8-12-17-20(16)25-18(23(4,5)22(17,2)3)13-24(6)21(25)19(14)15/h8-17,19-20H,18H2,1-7H3;7-16,19-21H,17-18H2,1-6H3;7-17H,1-6H3;8-13H,1-7H3;7-13H,1-6H3/q5*+1. The van der Waals surface area contributed by atoms with Gasteiger partial charge in [0.1, 0.15) is 51.4 Å². The minimum absolute atomic E-state index is 0.0121. The minimum Gasteiger partial charge on any atom is -0.232 e. The van der Waals surface area contributed by atoms with Crippen LogP contribution < -0.4 is 22.5 Å². The molecule has 0 amide bonds. The average Bonchev–Trinajstić information content (AvgIpc) is 1.48. The highest BCUT2D eigenvalue weighted by molar-refractivity contribution is 6.18. The molecule has 3 aliphatic heterocycles. The molecule has 10 heteroatoms. The molecule has 0 N–H and O–H groups in total. The van der Waals surface area contributed by atoms with Gasteiger partial charge in [-0.1, -0.05) is 387 Å². The number of aryl methyl sites for hydroxylation is 10. The Labute approximate surface area is 875 Å². The van der Waals surface area contributed by atoms with Crippen molar-refractivity contribution in [2.24, 2.45) is 53.0 Å². The van der Waals surface area contributed by atoms with Crippen LogP contribution in [0.1, 0.15) is 240 Å². The molecule has 23 aromatic rings. The van der Waals surface area contributed by atoms with Crippen LogP contribution >= 0.6 is 0 Å². The lowest BCUT2D eigenvalue weighted by Gasteiger charge is -2.43. The summed E-state index contributed by atoms with van der Waals surface area (Å²) < 4.78 is 24.7. The zero-order chi connectivity index (χ0) is 105. The van der Waals surface area contributed by atoms with Crippen molar-refractivity contribution in [1.82, 2.24) is 22.3 Å². The third-order valence-corrected chi connectivity index (χ3v) is 36.7. The monoisotopic (exact) mass is 1950 g/mol. The summed E-state index contributed by atoms with van der Waals surface area (Å²) in [5.74, 6) is 2.28. The van der Waals surface area contributed by atoms with Crippen molar-refractivity contribution in [2.45, 2.75) is 245 Å². The molecule has 0 radical (unpaired) electrons. The highest BCUT2D eigenvalue weighted by atomic mass is 15.2. The van der Waals surface area contributed by atoms with Crippen molar-refractivity contribution >= 4 is 137 Å². The molecular formula is C138H151N10+5. The van der Waals surface area contributed by atoms with E-state index in [4.69, 9.17) is 0 Å². The summed E-state index contributed by atoms with van der Waals surface area (Å²) in [7, 11) is 11.1. The molecule has 0 fully saturated rings. The van der Waals surface area contributed by atoms with E-state index in [-0.39, 0.29) is 32.5 Å². The molecule has 0 unspecified atom stereocenters. The van der Waals surface area contributed by atoms with Crippen LogP contribution in [0.15, 0.2) is 273 Å². The van der Waals surface area contributed by atoms with Crippen LogP contribution in [0.25, 0.3) is 170 Å². The number of para-hydroxylation sites is 5. The lowest BCUT2D eigenvalue weighted by atomic mass is 9.60. The average molecular weight is 1950 g/mol. The fourth-order valence-corrected chi connectivity index (χ4v) is 27.3. The first-order valence-corrected chi connectivity index (χ1v) is 54.4. The van der Waals surface area contributed by atoms with Crippen molar-refractivity contribution in [2.75, 3.05) is 0 Å². The summed E-state index contributed by atoms with van der Waals surface area (Å²) in [5.41, 5.74) is 45.2. The predicted octanol–water partition coefficient (Wildman–Crippen LogP) is 31.9. The van der Waals surface area contributed by atoms with E-state index in [0.29, 0.717) is 23.7 Å². The Morgan fingerprint density at radius 1 is 0.297 bits per heavy atom. The van der Waals surface area contributed by atoms with Crippen molar-refractivity contribution in [3.8, 4) is 33.8 Å². The van der Waals surface area contributed by atoms with Gasteiger partial charge in [0.05, 0.1) is 62.2 Å². The van der Waals surface area contributed by atoms with Gasteiger partial charge in [-0.3, -0.25) is 0 Å². The first-order chi connectivity index (χ1) is 70.4. The van der Waals surface area contributed by atoms with Crippen LogP contribution in [0.2, 0.25) is 0 Å². The van der Waals surface area contributed by atoms with Crippen LogP contribution in [-0.4, -0.2) is 22.3 Å². The van der Waals surface area contributed by atoms with Gasteiger partial charge in [-0.05, 0) is 140 Å². The predicted molar refractivity (Wildman–Crippen MR) is 625 cm³/mol. The zero-order valence-electron chi connectivity index (χ0n) is 93.9. The van der Waals surface area contributed by atoms with Crippen LogP contribution in [-0.2, 0) is 87.0 Å². The maximum Gasteiger partial charge on any atom is 0.295 e. The van der Waals surface area contributed by atoms with Gasteiger partial charge in [-0.25, -0.2) is 22.8 Å². The molecule has 13 heterocycles. The molecule has 0 saturated carbocycles. The molecule has 3 aliphatic rings. The maximum atomic E-state index is 2.59. The van der Waals surface area contributed by atoms with E-state index in [1.165, 1.54) is 266 Å². The Hall–Kier alpha value is -14.1. The molecular weight excluding hydrogens is 1800 g/mol. The van der Waals surface area contributed by atoms with E-state index in [0.717, 1.165) is 19.3 Å². The highest BCUT2D eigenvalue weighted by Crippen LogP contribution is 2.57. The maximum absolute atomic E-state index is 2.59. The Morgan fingerprint density at radius 3 is 1.22 bits per heavy atom. The van der Waals surface area contributed by atoms with Gasteiger partial charge in [-0.15, -0.1) is 0 Å². The van der Waals surface area contributed by atoms with Crippen molar-refractivity contribution < 1.29 is 22.5 Å². The summed E-state index contributed by atoms with van der Waals surface area (Å²) in [5, 5.41) is 20.2. The van der Waals surface area contributed by atoms with Gasteiger partial charge in [-0.2, -0.15) is 22.0 Å². The van der Waals surface area contributed by atoms with Gasteiger partial charge in [0.25, 0.3) is 28.2 Å². The number of rotatable bonds is 10. The number of hydrogen-bond acceptors (Lipinski definition) is 0. The SMILES string of the molecule is Cc1cccc2c3cccc4c3[n+]3c(c(C)n(C)c3c12)C(C)(C)C4(C)C.Cc1cccc2c3cccc4c3n3c(c(-c5ccccc5)[n+](C)c3c12)C(C)(C)C4(C)C.Cc1cccc2c3cccc4c3n3c(c[n+](C)c3c12)C(C)(C)C4(C)C.Cc1cccc2c3ccccc3[n+]3c(-c4c(CC(C)C)cccc4C(C)C)c(C)n(C)c3c12.Cc1cccc2c3ccccc3n3c(-c4c(CC(C)C)cccc4CC(C)C)c[n+](C)c3c12. The van der Waals surface area contributed by atoms with E-state index in [1.54, 1.807) is 0 Å². The van der Waals surface area contributed by atoms with Gasteiger partial charge in [0, 0.05) is 134 Å². The minimum atomic E-state index is -0.0556. The van der Waals surface area contributed by atoms with Gasteiger partial charge >= 0.3 is 0 Å². The number of benzene rings is 13. The molecule has 0 bridgehead atoms. The second-order valence-corrected chi connectivity index (χ2v) is 48.8. The second-order valence-electron chi connectivity index (χ2n) is 48.8. The Bertz CT molecular complexity index is 9490. The van der Waals surface area contributed by atoms with Crippen LogP contribution in [0.3, 0.4) is 0 Å². The van der Waals surface area contributed by atoms with E-state index >= 15 is 0 Å². The van der Waals surface area contributed by atoms with Crippen LogP contribution in [0.5, 0.6) is 0 Å². The number of nitrogens with zero attached hydrogens (tertiary/aromatic N) is 10. The molecule has 13 aromatic carbocycles. The van der Waals surface area contributed by atoms with E-state index < -0.39 is 0 Å². The third-order valence-electron chi connectivity index (χ3n) is 36.7. The molecule has 748 valence electrons. The first-order valence-electron chi connectivity index (χ1n) is 54.4. The number of aromatic nitrogens is 10. The lowest BCUT2D eigenvalue weighted by Crippen LogP contribution is -2.51. The van der Waals surface area contributed by atoms with Gasteiger partial charge in [0.2, 0.25) is 0 Å². The van der Waals surface area contributed by atoms with Gasteiger partial charge in [0.15, 0.2) is 34.2 Å². The fraction of sp³-hybridized carbons (Fsp3) is 0.326. The quantitative estimate of drug-likeness (QED) is 0.0968. The molecule has 26 rings (SSSR count). The smallest absolute Gasteiger partial charge is 0.232 e. The second kappa shape index (κ2) is 35.3. The van der Waals surface area contributed by atoms with Gasteiger partial charge < -0.3 is 0 Å². The lowest BCUT2D eigenvalue weighted by molar-refractivity contribution is -0.643. The Balaban J connectivity index is 0.000000105. The topological polar surface area (TPSA) is 42.9 Å². The molecule has 0 saturated heterocycles. The molecule has 148 heavy (non-hydrogen) atoms.